The van der Waals surface area contributed by atoms with Gasteiger partial charge in [-0.2, -0.15) is 0 Å². The van der Waals surface area contributed by atoms with E-state index in [1.165, 1.54) is 0 Å². The molecule has 0 N–H and O–H groups in total. The molecule has 0 bridgehead atoms. The quantitative estimate of drug-likeness (QED) is 0.851. The zero-order valence-electron chi connectivity index (χ0n) is 14.0. The number of carbonyl (C=O) groups excluding carboxylic acids is 1. The van der Waals surface area contributed by atoms with Crippen LogP contribution in [0.2, 0.25) is 0 Å². The molecule has 0 atom stereocenters. The van der Waals surface area contributed by atoms with Crippen LogP contribution in [-0.4, -0.2) is 47.0 Å². The lowest BCUT2D eigenvalue weighted by Crippen LogP contribution is -2.49. The summed E-state index contributed by atoms with van der Waals surface area (Å²) in [5.41, 5.74) is 1.82. The van der Waals surface area contributed by atoms with E-state index in [-0.39, 0.29) is 5.92 Å². The molecule has 0 aliphatic carbocycles. The number of para-hydroxylation sites is 1. The van der Waals surface area contributed by atoms with Crippen LogP contribution in [0.15, 0.2) is 28.8 Å². The van der Waals surface area contributed by atoms with Crippen molar-refractivity contribution in [3.63, 3.8) is 0 Å². The van der Waals surface area contributed by atoms with Crippen LogP contribution in [0, 0.1) is 5.92 Å². The van der Waals surface area contributed by atoms with E-state index in [0.29, 0.717) is 5.91 Å². The van der Waals surface area contributed by atoms with Crippen LogP contribution in [0.1, 0.15) is 32.4 Å². The Balaban J connectivity index is 1.58. The molecule has 1 amide bonds. The topological polar surface area (TPSA) is 49.6 Å². The lowest BCUT2D eigenvalue weighted by Gasteiger charge is -2.36. The first-order valence-electron chi connectivity index (χ1n) is 8.57. The molecule has 1 saturated heterocycles. The molecule has 1 aliphatic heterocycles. The summed E-state index contributed by atoms with van der Waals surface area (Å²) in [7, 11) is 0. The molecule has 1 aromatic heterocycles. The standard InChI is InChI=1S/C18H25N3O2/c1-3-14(4-2)18(22)21-11-9-20(10-12-21)13-16-15-7-5-6-8-17(15)23-19-16/h5-8,14H,3-4,9-13H2,1-2H3. The number of nitrogens with zero attached hydrogens (tertiary/aromatic N) is 3. The second-order valence-corrected chi connectivity index (χ2v) is 6.24. The third kappa shape index (κ3) is 3.39. The second-order valence-electron chi connectivity index (χ2n) is 6.24. The molecule has 2 aromatic rings. The fourth-order valence-electron chi connectivity index (χ4n) is 3.29. The Kier molecular flexibility index (Phi) is 4.96. The Morgan fingerprint density at radius 3 is 2.57 bits per heavy atom. The highest BCUT2D eigenvalue weighted by molar-refractivity contribution is 5.79. The Morgan fingerprint density at radius 2 is 1.87 bits per heavy atom. The molecule has 3 rings (SSSR count). The highest BCUT2D eigenvalue weighted by atomic mass is 16.5. The first kappa shape index (κ1) is 16.0. The van der Waals surface area contributed by atoms with Crippen LogP contribution in [0.25, 0.3) is 11.0 Å². The lowest BCUT2D eigenvalue weighted by molar-refractivity contribution is -0.137. The molecule has 124 valence electrons. The SMILES string of the molecule is CCC(CC)C(=O)N1CCN(Cc2noc3ccccc23)CC1. The smallest absolute Gasteiger partial charge is 0.225 e. The molecule has 2 heterocycles. The van der Waals surface area contributed by atoms with Gasteiger partial charge in [0.05, 0.1) is 0 Å². The third-order valence-corrected chi connectivity index (χ3v) is 4.84. The molecule has 0 saturated carbocycles. The van der Waals surface area contributed by atoms with Crippen LogP contribution in [0.4, 0.5) is 0 Å². The number of carbonyl (C=O) groups is 1. The van der Waals surface area contributed by atoms with Gasteiger partial charge in [0.15, 0.2) is 5.58 Å². The van der Waals surface area contributed by atoms with Crippen LogP contribution >= 0.6 is 0 Å². The summed E-state index contributed by atoms with van der Waals surface area (Å²) in [6.45, 7) is 8.39. The van der Waals surface area contributed by atoms with Crippen molar-refractivity contribution in [2.75, 3.05) is 26.2 Å². The summed E-state index contributed by atoms with van der Waals surface area (Å²) in [6, 6.07) is 7.96. The molecule has 1 fully saturated rings. The van der Waals surface area contributed by atoms with Gasteiger partial charge in [0, 0.05) is 44.0 Å². The van der Waals surface area contributed by atoms with E-state index in [0.717, 1.165) is 62.2 Å². The van der Waals surface area contributed by atoms with Gasteiger partial charge in [0.1, 0.15) is 5.69 Å². The van der Waals surface area contributed by atoms with Crippen LogP contribution in [-0.2, 0) is 11.3 Å². The van der Waals surface area contributed by atoms with Crippen molar-refractivity contribution in [2.45, 2.75) is 33.2 Å². The van der Waals surface area contributed by atoms with E-state index in [1.807, 2.05) is 29.2 Å². The van der Waals surface area contributed by atoms with Gasteiger partial charge >= 0.3 is 0 Å². The fourth-order valence-corrected chi connectivity index (χ4v) is 3.29. The van der Waals surface area contributed by atoms with E-state index in [1.54, 1.807) is 0 Å². The van der Waals surface area contributed by atoms with Crippen LogP contribution in [0.3, 0.4) is 0 Å². The normalized spacial score (nSPS) is 16.4. The number of fused-ring (bicyclic) bond motifs is 1. The average Bonchev–Trinajstić information content (AvgIpc) is 3.00. The van der Waals surface area contributed by atoms with Gasteiger partial charge in [-0.25, -0.2) is 0 Å². The molecule has 0 unspecified atom stereocenters. The molecule has 5 nitrogen and oxygen atoms in total. The average molecular weight is 315 g/mol. The number of piperazine rings is 1. The Bertz CT molecular complexity index is 655. The van der Waals surface area contributed by atoms with Crippen LogP contribution in [0.5, 0.6) is 0 Å². The molecular weight excluding hydrogens is 290 g/mol. The molecule has 5 heteroatoms. The van der Waals surface area contributed by atoms with Gasteiger partial charge in [0.2, 0.25) is 5.91 Å². The maximum Gasteiger partial charge on any atom is 0.225 e. The lowest BCUT2D eigenvalue weighted by atomic mass is 10.0. The van der Waals surface area contributed by atoms with Crippen molar-refractivity contribution in [3.05, 3.63) is 30.0 Å². The van der Waals surface area contributed by atoms with E-state index in [4.69, 9.17) is 4.52 Å². The minimum atomic E-state index is 0.182. The number of rotatable bonds is 5. The molecule has 0 spiro atoms. The van der Waals surface area contributed by atoms with E-state index < -0.39 is 0 Å². The minimum Gasteiger partial charge on any atom is -0.356 e. The Labute approximate surface area is 137 Å². The first-order valence-corrected chi connectivity index (χ1v) is 8.57. The van der Waals surface area contributed by atoms with Gasteiger partial charge in [0.25, 0.3) is 0 Å². The largest absolute Gasteiger partial charge is 0.356 e. The summed E-state index contributed by atoms with van der Waals surface area (Å²) >= 11 is 0. The predicted molar refractivity (Wildman–Crippen MR) is 89.9 cm³/mol. The summed E-state index contributed by atoms with van der Waals surface area (Å²) in [5.74, 6) is 0.502. The summed E-state index contributed by atoms with van der Waals surface area (Å²) in [6.07, 6.45) is 1.86. The van der Waals surface area contributed by atoms with Crippen molar-refractivity contribution in [3.8, 4) is 0 Å². The number of amides is 1. The number of aromatic nitrogens is 1. The van der Waals surface area contributed by atoms with Crippen molar-refractivity contribution in [1.82, 2.24) is 15.0 Å². The number of hydrogen-bond donors (Lipinski definition) is 0. The molecule has 1 aromatic carbocycles. The van der Waals surface area contributed by atoms with E-state index in [9.17, 15) is 4.79 Å². The van der Waals surface area contributed by atoms with Crippen LogP contribution < -0.4 is 0 Å². The second kappa shape index (κ2) is 7.13. The maximum absolute atomic E-state index is 12.4. The van der Waals surface area contributed by atoms with Gasteiger partial charge in [-0.15, -0.1) is 0 Å². The highest BCUT2D eigenvalue weighted by Gasteiger charge is 2.26. The molecule has 1 aliphatic rings. The maximum atomic E-state index is 12.4. The van der Waals surface area contributed by atoms with E-state index >= 15 is 0 Å². The third-order valence-electron chi connectivity index (χ3n) is 4.84. The fraction of sp³-hybridized carbons (Fsp3) is 0.556. The van der Waals surface area contributed by atoms with Gasteiger partial charge < -0.3 is 9.42 Å². The van der Waals surface area contributed by atoms with Crippen molar-refractivity contribution >= 4 is 16.9 Å². The molecule has 0 radical (unpaired) electrons. The summed E-state index contributed by atoms with van der Waals surface area (Å²) < 4.78 is 5.37. The van der Waals surface area contributed by atoms with Crippen molar-refractivity contribution in [1.29, 1.82) is 0 Å². The summed E-state index contributed by atoms with van der Waals surface area (Å²) in [5, 5.41) is 5.29. The van der Waals surface area contributed by atoms with Gasteiger partial charge in [-0.1, -0.05) is 31.1 Å². The Hall–Kier alpha value is -1.88. The monoisotopic (exact) mass is 315 g/mol. The van der Waals surface area contributed by atoms with Crippen molar-refractivity contribution < 1.29 is 9.32 Å². The van der Waals surface area contributed by atoms with E-state index in [2.05, 4.69) is 23.9 Å². The zero-order chi connectivity index (χ0) is 16.2. The molecular formula is C18H25N3O2. The van der Waals surface area contributed by atoms with Gasteiger partial charge in [-0.3, -0.25) is 9.69 Å². The number of benzene rings is 1. The molecule has 23 heavy (non-hydrogen) atoms. The Morgan fingerprint density at radius 1 is 1.17 bits per heavy atom. The number of hydrogen-bond acceptors (Lipinski definition) is 4. The highest BCUT2D eigenvalue weighted by Crippen LogP contribution is 2.20. The van der Waals surface area contributed by atoms with Crippen molar-refractivity contribution in [2.24, 2.45) is 5.92 Å². The summed E-state index contributed by atoms with van der Waals surface area (Å²) in [4.78, 5) is 16.8. The zero-order valence-corrected chi connectivity index (χ0v) is 14.0. The first-order chi connectivity index (χ1) is 11.2. The van der Waals surface area contributed by atoms with Gasteiger partial charge in [-0.05, 0) is 25.0 Å². The predicted octanol–water partition coefficient (Wildman–Crippen LogP) is 2.91. The minimum absolute atomic E-state index is 0.182.